The summed E-state index contributed by atoms with van der Waals surface area (Å²) >= 11 is 1.96. The van der Waals surface area contributed by atoms with E-state index in [1.807, 2.05) is 34.7 Å². The third-order valence-electron chi connectivity index (χ3n) is 8.78. The molecule has 208 valence electrons. The monoisotopic (exact) mass is 656 g/mol. The highest BCUT2D eigenvalue weighted by atomic mass is 127. The Kier molecular flexibility index (Phi) is 6.84. The number of amides is 4. The molecule has 0 atom stereocenters. The second-order valence-corrected chi connectivity index (χ2v) is 12.6. The first-order valence-corrected chi connectivity index (χ1v) is 14.5. The van der Waals surface area contributed by atoms with E-state index in [1.165, 1.54) is 63.3 Å². The molecule has 10 heteroatoms. The zero-order valence-electron chi connectivity index (χ0n) is 21.9. The van der Waals surface area contributed by atoms with E-state index in [-0.39, 0.29) is 22.5 Å². The Morgan fingerprint density at radius 1 is 1.07 bits per heavy atom. The van der Waals surface area contributed by atoms with Gasteiger partial charge in [-0.05, 0) is 126 Å². The molecule has 4 saturated carbocycles. The second-order valence-electron chi connectivity index (χ2n) is 11.4. The maximum Gasteiger partial charge on any atom is 0.341 e. The fraction of sp³-hybridized carbons (Fsp3) is 0.400. The van der Waals surface area contributed by atoms with Crippen molar-refractivity contribution in [2.75, 3.05) is 18.6 Å². The van der Waals surface area contributed by atoms with Gasteiger partial charge >= 0.3 is 12.0 Å². The third-order valence-corrected chi connectivity index (χ3v) is 9.58. The number of hydrogen-bond acceptors (Lipinski definition) is 6. The number of benzene rings is 2. The normalized spacial score (nSPS) is 28.1. The molecule has 2 aromatic rings. The zero-order valence-corrected chi connectivity index (χ0v) is 24.1. The molecule has 4 bridgehead atoms. The summed E-state index contributed by atoms with van der Waals surface area (Å²) in [5.41, 5.74) is 2.12. The van der Waals surface area contributed by atoms with Crippen molar-refractivity contribution in [3.05, 3.63) is 56.7 Å². The van der Waals surface area contributed by atoms with Crippen molar-refractivity contribution in [2.24, 2.45) is 17.8 Å². The van der Waals surface area contributed by atoms with Gasteiger partial charge < -0.3 is 14.6 Å². The van der Waals surface area contributed by atoms with Crippen LogP contribution in [0.4, 0.5) is 10.5 Å². The summed E-state index contributed by atoms with van der Waals surface area (Å²) < 4.78 is 11.2. The average Bonchev–Trinajstić information content (AvgIpc) is 2.89. The van der Waals surface area contributed by atoms with Crippen LogP contribution in [-0.2, 0) is 19.8 Å². The molecule has 1 heterocycles. The molecule has 5 fully saturated rings. The number of urea groups is 1. The molecule has 40 heavy (non-hydrogen) atoms. The quantitative estimate of drug-likeness (QED) is 0.247. The number of carboxylic acids is 1. The predicted octanol–water partition coefficient (Wildman–Crippen LogP) is 4.90. The molecule has 4 amide bonds. The van der Waals surface area contributed by atoms with Crippen LogP contribution in [0.1, 0.15) is 49.7 Å². The van der Waals surface area contributed by atoms with Crippen LogP contribution >= 0.6 is 22.6 Å². The topological polar surface area (TPSA) is 122 Å². The van der Waals surface area contributed by atoms with E-state index in [1.54, 1.807) is 18.2 Å². The predicted molar refractivity (Wildman–Crippen MR) is 154 cm³/mol. The fourth-order valence-corrected chi connectivity index (χ4v) is 8.37. The van der Waals surface area contributed by atoms with E-state index >= 15 is 0 Å². The number of aliphatic carboxylic acids is 1. The standard InChI is InChI=1S/C30H29IN2O7/c1-39-24-11-16(10-23(31)26(24)40-15-25(34)35)9-22-27(36)32-29(38)33(28(22)37)21-4-2-20(3-5-21)30-12-17-6-18(13-30)8-19(7-17)14-30/h2-5,9-11,17-19H,6-8,12-15H2,1H3,(H,34,35)(H,32,36,38)/b22-9+. The van der Waals surface area contributed by atoms with Crippen molar-refractivity contribution in [2.45, 2.75) is 43.9 Å². The third kappa shape index (κ3) is 4.76. The lowest BCUT2D eigenvalue weighted by molar-refractivity contribution is -0.139. The molecule has 5 aliphatic rings. The van der Waals surface area contributed by atoms with Gasteiger partial charge in [-0.1, -0.05) is 12.1 Å². The minimum absolute atomic E-state index is 0.193. The van der Waals surface area contributed by atoms with E-state index in [9.17, 15) is 19.2 Å². The van der Waals surface area contributed by atoms with Gasteiger partial charge in [-0.3, -0.25) is 14.9 Å². The molecular formula is C30H29IN2O7. The number of ether oxygens (including phenoxy) is 2. The molecule has 0 aromatic heterocycles. The van der Waals surface area contributed by atoms with Crippen molar-refractivity contribution in [3.8, 4) is 11.5 Å². The SMILES string of the molecule is COc1cc(/C=C2\C(=O)NC(=O)N(c3ccc(C45CC6CC(CC(C6)C4)C5)cc3)C2=O)cc(I)c1OCC(=O)O. The number of hydrogen-bond donors (Lipinski definition) is 2. The van der Waals surface area contributed by atoms with Gasteiger partial charge in [0.1, 0.15) is 5.57 Å². The number of nitrogens with one attached hydrogen (secondary N) is 1. The lowest BCUT2D eigenvalue weighted by Crippen LogP contribution is -2.54. The van der Waals surface area contributed by atoms with Gasteiger partial charge in [0, 0.05) is 0 Å². The van der Waals surface area contributed by atoms with Crippen molar-refractivity contribution < 1.29 is 33.8 Å². The van der Waals surface area contributed by atoms with Gasteiger partial charge in [-0.25, -0.2) is 14.5 Å². The summed E-state index contributed by atoms with van der Waals surface area (Å²) in [6, 6.07) is 10.1. The van der Waals surface area contributed by atoms with Crippen LogP contribution in [-0.4, -0.2) is 42.6 Å². The van der Waals surface area contributed by atoms with Crippen molar-refractivity contribution in [3.63, 3.8) is 0 Å². The summed E-state index contributed by atoms with van der Waals surface area (Å²) in [7, 11) is 1.40. The number of nitrogens with zero attached hydrogens (tertiary/aromatic N) is 1. The van der Waals surface area contributed by atoms with Gasteiger partial charge in [0.2, 0.25) is 0 Å². The van der Waals surface area contributed by atoms with Crippen LogP contribution in [0, 0.1) is 21.3 Å². The number of barbiturate groups is 1. The Hall–Kier alpha value is -3.41. The Morgan fingerprint density at radius 2 is 1.70 bits per heavy atom. The van der Waals surface area contributed by atoms with Crippen LogP contribution in [0.25, 0.3) is 6.08 Å². The minimum Gasteiger partial charge on any atom is -0.493 e. The molecular weight excluding hydrogens is 627 g/mol. The largest absolute Gasteiger partial charge is 0.493 e. The maximum absolute atomic E-state index is 13.5. The molecule has 7 rings (SSSR count). The van der Waals surface area contributed by atoms with Gasteiger partial charge in [0.25, 0.3) is 11.8 Å². The number of imide groups is 2. The van der Waals surface area contributed by atoms with E-state index in [0.29, 0.717) is 14.8 Å². The number of rotatable bonds is 7. The first-order valence-electron chi connectivity index (χ1n) is 13.4. The molecule has 2 N–H and O–H groups in total. The fourth-order valence-electron chi connectivity index (χ4n) is 7.58. The average molecular weight is 656 g/mol. The van der Waals surface area contributed by atoms with E-state index in [2.05, 4.69) is 5.32 Å². The van der Waals surface area contributed by atoms with Crippen LogP contribution in [0.3, 0.4) is 0 Å². The molecule has 1 aliphatic heterocycles. The first kappa shape index (κ1) is 26.8. The van der Waals surface area contributed by atoms with Crippen LogP contribution in [0.5, 0.6) is 11.5 Å². The molecule has 0 spiro atoms. The number of anilines is 1. The highest BCUT2D eigenvalue weighted by molar-refractivity contribution is 14.1. The van der Waals surface area contributed by atoms with E-state index in [4.69, 9.17) is 14.6 Å². The van der Waals surface area contributed by atoms with Gasteiger partial charge in [-0.2, -0.15) is 0 Å². The second kappa shape index (κ2) is 10.2. The van der Waals surface area contributed by atoms with Crippen molar-refractivity contribution in [1.29, 1.82) is 0 Å². The maximum atomic E-state index is 13.5. The van der Waals surface area contributed by atoms with Gasteiger partial charge in [0.05, 0.1) is 16.4 Å². The first-order chi connectivity index (χ1) is 19.2. The van der Waals surface area contributed by atoms with Crippen LogP contribution in [0.2, 0.25) is 0 Å². The minimum atomic E-state index is -1.13. The number of halogens is 1. The highest BCUT2D eigenvalue weighted by Gasteiger charge is 2.51. The molecule has 9 nitrogen and oxygen atoms in total. The number of carbonyl (C=O) groups is 4. The Morgan fingerprint density at radius 3 is 2.27 bits per heavy atom. The summed E-state index contributed by atoms with van der Waals surface area (Å²) in [6.07, 6.45) is 9.08. The lowest BCUT2D eigenvalue weighted by Gasteiger charge is -2.57. The Bertz CT molecular complexity index is 1410. The van der Waals surface area contributed by atoms with E-state index in [0.717, 1.165) is 22.7 Å². The van der Waals surface area contributed by atoms with Gasteiger partial charge in [-0.15, -0.1) is 0 Å². The zero-order chi connectivity index (χ0) is 28.2. The Labute approximate surface area is 245 Å². The van der Waals surface area contributed by atoms with Crippen LogP contribution < -0.4 is 19.7 Å². The summed E-state index contributed by atoms with van der Waals surface area (Å²) in [4.78, 5) is 50.9. The molecule has 0 unspecified atom stereocenters. The molecule has 4 aliphatic carbocycles. The molecule has 2 aromatic carbocycles. The van der Waals surface area contributed by atoms with Crippen molar-refractivity contribution >= 4 is 58.2 Å². The van der Waals surface area contributed by atoms with Crippen LogP contribution in [0.15, 0.2) is 42.0 Å². The number of carboxylic acid groups (broad SMARTS) is 1. The van der Waals surface area contributed by atoms with Crippen molar-refractivity contribution in [1.82, 2.24) is 5.32 Å². The lowest BCUT2D eigenvalue weighted by atomic mass is 9.48. The van der Waals surface area contributed by atoms with Gasteiger partial charge in [0.15, 0.2) is 18.1 Å². The summed E-state index contributed by atoms with van der Waals surface area (Å²) in [6.45, 7) is -0.549. The number of carbonyl (C=O) groups excluding carboxylic acids is 3. The molecule has 0 radical (unpaired) electrons. The highest BCUT2D eigenvalue weighted by Crippen LogP contribution is 2.60. The van der Waals surface area contributed by atoms with E-state index < -0.39 is 30.4 Å². The summed E-state index contributed by atoms with van der Waals surface area (Å²) in [5.74, 6) is 0.243. The number of methoxy groups -OCH3 is 1. The Balaban J connectivity index is 1.27. The summed E-state index contributed by atoms with van der Waals surface area (Å²) in [5, 5.41) is 11.2. The smallest absolute Gasteiger partial charge is 0.341 e. The molecule has 1 saturated heterocycles.